The number of nitrogens with zero attached hydrogens (tertiary/aromatic N) is 2. The first kappa shape index (κ1) is 20.6. The van der Waals surface area contributed by atoms with Gasteiger partial charge in [-0.05, 0) is 69.0 Å². The van der Waals surface area contributed by atoms with Gasteiger partial charge in [0, 0.05) is 12.1 Å². The number of carbonyl (C=O) groups excluding carboxylic acids is 1. The summed E-state index contributed by atoms with van der Waals surface area (Å²) in [5, 5.41) is 2.89. The standard InChI is InChI=1S/C24H29N3O2/c1-17(2)24(28)25-16-23-26-21-9-5-6-10-22(21)27(23)13-7-8-14-29-20-12-11-18(3)19(4)15-20/h5-6,9-12,15H,1,7-8,13-14,16H2,2-4H3,(H,25,28). The van der Waals surface area contributed by atoms with Crippen LogP contribution in [0.15, 0.2) is 54.6 Å². The van der Waals surface area contributed by atoms with Crippen LogP contribution in [0.25, 0.3) is 11.0 Å². The Balaban J connectivity index is 1.59. The topological polar surface area (TPSA) is 56.2 Å². The number of amides is 1. The predicted octanol–water partition coefficient (Wildman–Crippen LogP) is 4.70. The fraction of sp³-hybridized carbons (Fsp3) is 0.333. The summed E-state index contributed by atoms with van der Waals surface area (Å²) in [7, 11) is 0. The highest BCUT2D eigenvalue weighted by molar-refractivity contribution is 5.92. The van der Waals surface area contributed by atoms with E-state index in [1.54, 1.807) is 6.92 Å². The van der Waals surface area contributed by atoms with Crippen molar-refractivity contribution in [3.05, 3.63) is 71.6 Å². The zero-order valence-electron chi connectivity index (χ0n) is 17.5. The molecule has 0 bridgehead atoms. The zero-order chi connectivity index (χ0) is 20.8. The van der Waals surface area contributed by atoms with Crippen molar-refractivity contribution in [2.75, 3.05) is 6.61 Å². The largest absolute Gasteiger partial charge is 0.494 e. The molecule has 3 rings (SSSR count). The Labute approximate surface area is 172 Å². The van der Waals surface area contributed by atoms with Crippen LogP contribution in [-0.4, -0.2) is 22.1 Å². The van der Waals surface area contributed by atoms with Crippen LogP contribution in [0.2, 0.25) is 0 Å². The fourth-order valence-corrected chi connectivity index (χ4v) is 3.19. The van der Waals surface area contributed by atoms with Gasteiger partial charge in [-0.3, -0.25) is 4.79 Å². The number of hydrogen-bond donors (Lipinski definition) is 1. The lowest BCUT2D eigenvalue weighted by atomic mass is 10.1. The minimum Gasteiger partial charge on any atom is -0.494 e. The number of aromatic nitrogens is 2. The number of carbonyl (C=O) groups is 1. The highest BCUT2D eigenvalue weighted by atomic mass is 16.5. The van der Waals surface area contributed by atoms with Gasteiger partial charge in [0.05, 0.1) is 24.2 Å². The van der Waals surface area contributed by atoms with Crippen LogP contribution in [0.4, 0.5) is 0 Å². The molecule has 3 aromatic rings. The zero-order valence-corrected chi connectivity index (χ0v) is 17.5. The number of ether oxygens (including phenoxy) is 1. The molecule has 1 amide bonds. The summed E-state index contributed by atoms with van der Waals surface area (Å²) in [5.41, 5.74) is 5.04. The number of para-hydroxylation sites is 2. The summed E-state index contributed by atoms with van der Waals surface area (Å²) in [4.78, 5) is 16.6. The second-order valence-electron chi connectivity index (χ2n) is 7.43. The Bertz CT molecular complexity index is 1020. The van der Waals surface area contributed by atoms with Crippen molar-refractivity contribution in [1.29, 1.82) is 0 Å². The monoisotopic (exact) mass is 391 g/mol. The average molecular weight is 392 g/mol. The second kappa shape index (κ2) is 9.41. The molecule has 0 aliphatic carbocycles. The highest BCUT2D eigenvalue weighted by Crippen LogP contribution is 2.19. The molecule has 1 heterocycles. The smallest absolute Gasteiger partial charge is 0.246 e. The maximum atomic E-state index is 11.9. The molecule has 0 radical (unpaired) electrons. The number of rotatable bonds is 9. The van der Waals surface area contributed by atoms with Crippen molar-refractivity contribution in [3.63, 3.8) is 0 Å². The van der Waals surface area contributed by atoms with E-state index in [-0.39, 0.29) is 5.91 Å². The summed E-state index contributed by atoms with van der Waals surface area (Å²) >= 11 is 0. The molecule has 5 heteroatoms. The number of imidazole rings is 1. The Morgan fingerprint density at radius 2 is 1.93 bits per heavy atom. The van der Waals surface area contributed by atoms with Gasteiger partial charge in [0.1, 0.15) is 11.6 Å². The first-order valence-electron chi connectivity index (χ1n) is 10.0. The summed E-state index contributed by atoms with van der Waals surface area (Å²) in [6, 6.07) is 14.3. The highest BCUT2D eigenvalue weighted by Gasteiger charge is 2.11. The molecule has 29 heavy (non-hydrogen) atoms. The van der Waals surface area contributed by atoms with Gasteiger partial charge in [0.25, 0.3) is 0 Å². The number of hydrogen-bond acceptors (Lipinski definition) is 3. The lowest BCUT2D eigenvalue weighted by Crippen LogP contribution is -2.25. The summed E-state index contributed by atoms with van der Waals surface area (Å²) < 4.78 is 8.08. The molecule has 0 saturated carbocycles. The number of fused-ring (bicyclic) bond motifs is 1. The molecule has 5 nitrogen and oxygen atoms in total. The van der Waals surface area contributed by atoms with Gasteiger partial charge in [-0.15, -0.1) is 0 Å². The van der Waals surface area contributed by atoms with Crippen molar-refractivity contribution < 1.29 is 9.53 Å². The van der Waals surface area contributed by atoms with Gasteiger partial charge < -0.3 is 14.6 Å². The number of unbranched alkanes of at least 4 members (excludes halogenated alkanes) is 1. The molecule has 0 spiro atoms. The van der Waals surface area contributed by atoms with Gasteiger partial charge in [-0.1, -0.05) is 24.8 Å². The summed E-state index contributed by atoms with van der Waals surface area (Å²) in [6.45, 7) is 11.5. The molecule has 1 N–H and O–H groups in total. The van der Waals surface area contributed by atoms with E-state index in [4.69, 9.17) is 9.72 Å². The van der Waals surface area contributed by atoms with Crippen molar-refractivity contribution in [2.45, 2.75) is 46.7 Å². The van der Waals surface area contributed by atoms with E-state index in [1.807, 2.05) is 24.3 Å². The van der Waals surface area contributed by atoms with Crippen LogP contribution in [0.3, 0.4) is 0 Å². The molecule has 152 valence electrons. The Hall–Kier alpha value is -3.08. The minimum atomic E-state index is -0.148. The normalized spacial score (nSPS) is 10.9. The van der Waals surface area contributed by atoms with E-state index in [9.17, 15) is 4.79 Å². The van der Waals surface area contributed by atoms with Gasteiger partial charge in [0.15, 0.2) is 0 Å². The minimum absolute atomic E-state index is 0.148. The van der Waals surface area contributed by atoms with Crippen LogP contribution in [0.5, 0.6) is 5.75 Å². The van der Waals surface area contributed by atoms with Gasteiger partial charge in [0.2, 0.25) is 5.91 Å². The Kier molecular flexibility index (Phi) is 6.70. The third kappa shape index (κ3) is 5.25. The van der Waals surface area contributed by atoms with Crippen molar-refractivity contribution in [2.24, 2.45) is 0 Å². The molecule has 1 aromatic heterocycles. The molecular weight excluding hydrogens is 362 g/mol. The van der Waals surface area contributed by atoms with Crippen LogP contribution in [0.1, 0.15) is 36.7 Å². The van der Waals surface area contributed by atoms with E-state index in [0.717, 1.165) is 42.0 Å². The summed E-state index contributed by atoms with van der Waals surface area (Å²) in [5.74, 6) is 1.63. The van der Waals surface area contributed by atoms with E-state index < -0.39 is 0 Å². The van der Waals surface area contributed by atoms with Crippen molar-refractivity contribution in [1.82, 2.24) is 14.9 Å². The first-order chi connectivity index (χ1) is 14.0. The van der Waals surface area contributed by atoms with Crippen LogP contribution in [-0.2, 0) is 17.9 Å². The van der Waals surface area contributed by atoms with E-state index in [0.29, 0.717) is 18.7 Å². The summed E-state index contributed by atoms with van der Waals surface area (Å²) in [6.07, 6.45) is 1.91. The van der Waals surface area contributed by atoms with E-state index >= 15 is 0 Å². The van der Waals surface area contributed by atoms with E-state index in [1.165, 1.54) is 11.1 Å². The Morgan fingerprint density at radius 3 is 2.69 bits per heavy atom. The first-order valence-corrected chi connectivity index (χ1v) is 10.0. The molecule has 0 atom stereocenters. The molecule has 0 aliphatic rings. The SMILES string of the molecule is C=C(C)C(=O)NCc1nc2ccccc2n1CCCCOc1ccc(C)c(C)c1. The van der Waals surface area contributed by atoms with Gasteiger partial charge >= 0.3 is 0 Å². The number of nitrogens with one attached hydrogen (secondary N) is 1. The van der Waals surface area contributed by atoms with Crippen LogP contribution in [0, 0.1) is 13.8 Å². The molecule has 0 saturated heterocycles. The van der Waals surface area contributed by atoms with E-state index in [2.05, 4.69) is 48.5 Å². The maximum Gasteiger partial charge on any atom is 0.246 e. The lowest BCUT2D eigenvalue weighted by Gasteiger charge is -2.11. The molecule has 0 aliphatic heterocycles. The molecule has 0 unspecified atom stereocenters. The fourth-order valence-electron chi connectivity index (χ4n) is 3.19. The Morgan fingerprint density at radius 1 is 1.14 bits per heavy atom. The number of aryl methyl sites for hydroxylation is 3. The molecular formula is C24H29N3O2. The van der Waals surface area contributed by atoms with Gasteiger partial charge in [-0.2, -0.15) is 0 Å². The number of benzene rings is 2. The second-order valence-corrected chi connectivity index (χ2v) is 7.43. The average Bonchev–Trinajstić information content (AvgIpc) is 3.06. The van der Waals surface area contributed by atoms with Crippen molar-refractivity contribution in [3.8, 4) is 5.75 Å². The van der Waals surface area contributed by atoms with Crippen molar-refractivity contribution >= 4 is 16.9 Å². The molecule has 2 aromatic carbocycles. The van der Waals surface area contributed by atoms with Gasteiger partial charge in [-0.25, -0.2) is 4.98 Å². The quantitative estimate of drug-likeness (QED) is 0.425. The third-order valence-electron chi connectivity index (χ3n) is 5.05. The lowest BCUT2D eigenvalue weighted by molar-refractivity contribution is -0.117. The third-order valence-corrected chi connectivity index (χ3v) is 5.05. The van der Waals surface area contributed by atoms with Crippen LogP contribution < -0.4 is 10.1 Å². The molecule has 0 fully saturated rings. The predicted molar refractivity (Wildman–Crippen MR) is 117 cm³/mol. The van der Waals surface area contributed by atoms with Crippen LogP contribution >= 0.6 is 0 Å². The maximum absolute atomic E-state index is 11.9.